The van der Waals surface area contributed by atoms with Gasteiger partial charge < -0.3 is 0 Å². The third-order valence-electron chi connectivity index (χ3n) is 0. The van der Waals surface area contributed by atoms with Crippen molar-refractivity contribution >= 4 is 19.6 Å². The fourth-order valence-corrected chi connectivity index (χ4v) is 0. The molecule has 0 N–H and O–H groups in total. The monoisotopic (exact) mass is 284 g/mol. The molecule has 0 aromatic rings. The van der Waals surface area contributed by atoms with Gasteiger partial charge in [0.25, 0.3) is 0 Å². The van der Waals surface area contributed by atoms with Gasteiger partial charge in [-0.2, -0.15) is 0 Å². The second-order valence-corrected chi connectivity index (χ2v) is 3.62. The van der Waals surface area contributed by atoms with Crippen molar-refractivity contribution in [2.24, 2.45) is 0 Å². The molecule has 0 heterocycles. The van der Waals surface area contributed by atoms with Gasteiger partial charge in [-0.3, -0.25) is 0 Å². The Morgan fingerprint density at radius 2 is 1.20 bits per heavy atom. The first-order valence-corrected chi connectivity index (χ1v) is 5.92. The molecule has 0 amide bonds. The van der Waals surface area contributed by atoms with Gasteiger partial charge in [-0.15, -0.1) is 0 Å². The van der Waals surface area contributed by atoms with Crippen LogP contribution in [0.15, 0.2) is 0 Å². The van der Waals surface area contributed by atoms with Crippen molar-refractivity contribution in [1.82, 2.24) is 0 Å². The van der Waals surface area contributed by atoms with Crippen LogP contribution in [0.25, 0.3) is 0 Å². The van der Waals surface area contributed by atoms with Gasteiger partial charge in [-0.25, -0.2) is 0 Å². The topological polar surface area (TPSA) is 0 Å². The van der Waals surface area contributed by atoms with Crippen LogP contribution in [-0.2, 0) is 48.8 Å². The standard InChI is InChI=1S/Co.Cu.Mo.2S. The van der Waals surface area contributed by atoms with E-state index in [1.54, 1.807) is 0 Å². The minimum atomic E-state index is -0.363. The number of rotatable bonds is 0. The molecule has 0 saturated carbocycles. The molecule has 0 rings (SSSR count). The molecule has 0 aromatic heterocycles. The molecule has 0 fully saturated rings. The summed E-state index contributed by atoms with van der Waals surface area (Å²) >= 11 is -0.363. The van der Waals surface area contributed by atoms with Crippen LogP contribution >= 0.6 is 19.6 Å². The van der Waals surface area contributed by atoms with Gasteiger partial charge >= 0.3 is 34.6 Å². The van der Waals surface area contributed by atoms with Gasteiger partial charge in [0.05, 0.1) is 0 Å². The summed E-state index contributed by atoms with van der Waals surface area (Å²) < 4.78 is 0. The first kappa shape index (κ1) is 15.7. The van der Waals surface area contributed by atoms with E-state index in [1.807, 2.05) is 0 Å². The second kappa shape index (κ2) is 16.4. The minimum absolute atomic E-state index is 0. The molecule has 0 aliphatic carbocycles. The Labute approximate surface area is 67.6 Å². The van der Waals surface area contributed by atoms with E-state index in [4.69, 9.17) is 0 Å². The average Bonchev–Trinajstić information content (AvgIpc) is 0.918. The van der Waals surface area contributed by atoms with Crippen molar-refractivity contribution in [2.75, 3.05) is 0 Å². The molecule has 0 bridgehead atoms. The van der Waals surface area contributed by atoms with Crippen molar-refractivity contribution in [3.05, 3.63) is 0 Å². The summed E-state index contributed by atoms with van der Waals surface area (Å²) in [6.45, 7) is 0. The Morgan fingerprint density at radius 3 is 1.20 bits per heavy atom. The normalized spacial score (nSPS) is 2.40. The first-order chi connectivity index (χ1) is 1.41. The van der Waals surface area contributed by atoms with Gasteiger partial charge in [0.15, 0.2) is 0 Å². The maximum absolute atomic E-state index is 4.34. The van der Waals surface area contributed by atoms with Gasteiger partial charge in [0.2, 0.25) is 0 Å². The van der Waals surface area contributed by atoms with Crippen LogP contribution in [-0.4, -0.2) is 0 Å². The molecular weight excluding hydrogens is 283 g/mol. The van der Waals surface area contributed by atoms with Crippen LogP contribution in [0.1, 0.15) is 0 Å². The van der Waals surface area contributed by atoms with E-state index in [0.717, 1.165) is 0 Å². The summed E-state index contributed by atoms with van der Waals surface area (Å²) in [6.07, 6.45) is 0. The second-order valence-electron chi connectivity index (χ2n) is 0.0680. The van der Waals surface area contributed by atoms with Crippen LogP contribution in [0.5, 0.6) is 0 Å². The molecule has 0 spiro atoms. The van der Waals surface area contributed by atoms with Crippen LogP contribution in [0.2, 0.25) is 0 Å². The molecule has 0 nitrogen and oxygen atoms in total. The quantitative estimate of drug-likeness (QED) is 0.614. The molecule has 38 valence electrons. The zero-order chi connectivity index (χ0) is 2.71. The maximum atomic E-state index is 4.34. The molecule has 0 aliphatic rings. The Hall–Kier alpha value is 2.15. The molecule has 0 saturated heterocycles. The molecule has 0 atom stereocenters. The number of hydrogen-bond donors (Lipinski definition) is 0. The summed E-state index contributed by atoms with van der Waals surface area (Å²) in [5, 5.41) is 0. The van der Waals surface area contributed by atoms with Crippen LogP contribution < -0.4 is 0 Å². The molecule has 0 aromatic carbocycles. The van der Waals surface area contributed by atoms with Crippen molar-refractivity contribution in [2.45, 2.75) is 0 Å². The number of hydrogen-bond acceptors (Lipinski definition) is 2. The van der Waals surface area contributed by atoms with Gasteiger partial charge in [0.1, 0.15) is 0 Å². The third-order valence-corrected chi connectivity index (χ3v) is 0. The average molecular weight is 283 g/mol. The Kier molecular flexibility index (Phi) is 51.6. The van der Waals surface area contributed by atoms with Crippen molar-refractivity contribution in [3.63, 3.8) is 0 Å². The molecule has 0 aliphatic heterocycles. The molecular formula is CoCuMoS2. The molecule has 5 heavy (non-hydrogen) atoms. The first-order valence-electron chi connectivity index (χ1n) is 0.333. The molecule has 0 unspecified atom stereocenters. The SMILES string of the molecule is [Co].[Cu].[S]=[Mo]=[S]. The van der Waals surface area contributed by atoms with Crippen molar-refractivity contribution in [3.8, 4) is 0 Å². The Balaban J connectivity index is -0.0000000200. The zero-order valence-electron chi connectivity index (χ0n) is 1.86. The van der Waals surface area contributed by atoms with Gasteiger partial charge in [-0.05, 0) is 0 Å². The Morgan fingerprint density at radius 1 is 1.20 bits per heavy atom. The zero-order valence-corrected chi connectivity index (χ0v) is 7.48. The van der Waals surface area contributed by atoms with Crippen LogP contribution in [0, 0.1) is 0 Å². The van der Waals surface area contributed by atoms with Crippen LogP contribution in [0.3, 0.4) is 0 Å². The molecule has 2 radical (unpaired) electrons. The summed E-state index contributed by atoms with van der Waals surface area (Å²) in [5.41, 5.74) is 0. The van der Waals surface area contributed by atoms with E-state index in [-0.39, 0.29) is 48.8 Å². The predicted molar refractivity (Wildman–Crippen MR) is 15.2 cm³/mol. The Bertz CT molecular complexity index is 30.6. The van der Waals surface area contributed by atoms with Crippen molar-refractivity contribution < 1.29 is 48.8 Å². The molecule has 5 heteroatoms. The van der Waals surface area contributed by atoms with Crippen LogP contribution in [0.4, 0.5) is 0 Å². The summed E-state index contributed by atoms with van der Waals surface area (Å²) in [4.78, 5) is 0. The predicted octanol–water partition coefficient (Wildman–Crippen LogP) is 1.29. The van der Waals surface area contributed by atoms with E-state index in [2.05, 4.69) is 19.6 Å². The van der Waals surface area contributed by atoms with E-state index in [9.17, 15) is 0 Å². The summed E-state index contributed by atoms with van der Waals surface area (Å²) in [6, 6.07) is 0. The fraction of sp³-hybridized carbons (Fsp3) is 0. The van der Waals surface area contributed by atoms with E-state index in [0.29, 0.717) is 0 Å². The third kappa shape index (κ3) is 22.9. The summed E-state index contributed by atoms with van der Waals surface area (Å²) in [7, 11) is 8.68. The van der Waals surface area contributed by atoms with E-state index in [1.165, 1.54) is 0 Å². The van der Waals surface area contributed by atoms with E-state index >= 15 is 0 Å². The van der Waals surface area contributed by atoms with E-state index < -0.39 is 0 Å². The summed E-state index contributed by atoms with van der Waals surface area (Å²) in [5.74, 6) is 0. The van der Waals surface area contributed by atoms with Gasteiger partial charge in [0, 0.05) is 33.8 Å². The fourth-order valence-electron chi connectivity index (χ4n) is 0. The van der Waals surface area contributed by atoms with Gasteiger partial charge in [-0.1, -0.05) is 0 Å². The van der Waals surface area contributed by atoms with Crippen molar-refractivity contribution in [1.29, 1.82) is 0 Å².